The van der Waals surface area contributed by atoms with Crippen molar-refractivity contribution in [2.45, 2.75) is 128 Å². The molecule has 1 aromatic rings. The molecule has 1 aromatic carbocycles. The summed E-state index contributed by atoms with van der Waals surface area (Å²) < 4.78 is 6.38. The summed E-state index contributed by atoms with van der Waals surface area (Å²) in [4.78, 5) is 33.7. The lowest BCUT2D eigenvalue weighted by Gasteiger charge is -2.53. The van der Waals surface area contributed by atoms with Gasteiger partial charge < -0.3 is 14.5 Å². The van der Waals surface area contributed by atoms with Crippen LogP contribution in [0, 0.1) is 19.8 Å². The molecule has 3 aliphatic heterocycles. The van der Waals surface area contributed by atoms with E-state index in [0.29, 0.717) is 5.92 Å². The number of hydrogen-bond acceptors (Lipinski definition) is 4. The molecule has 4 fully saturated rings. The van der Waals surface area contributed by atoms with Crippen LogP contribution in [0.15, 0.2) is 18.2 Å². The van der Waals surface area contributed by atoms with Crippen molar-refractivity contribution in [2.24, 2.45) is 5.92 Å². The van der Waals surface area contributed by atoms with E-state index in [1.54, 1.807) is 0 Å². The van der Waals surface area contributed by atoms with Crippen LogP contribution >= 0.6 is 0 Å². The van der Waals surface area contributed by atoms with E-state index in [0.717, 1.165) is 101 Å². The number of carbonyl (C=O) groups is 2. The Kier molecular flexibility index (Phi) is 9.14. The van der Waals surface area contributed by atoms with Crippen LogP contribution in [0.25, 0.3) is 0 Å². The second-order valence-electron chi connectivity index (χ2n) is 13.4. The van der Waals surface area contributed by atoms with Crippen molar-refractivity contribution in [3.8, 4) is 0 Å². The van der Waals surface area contributed by atoms with Gasteiger partial charge in [0.25, 0.3) is 5.91 Å². The standard InChI is InChI=1S/C34H53N3O3/c1-5-7-16-29-34(40-32(39)37(29)25-28-14-9-8-10-15-28)19-23-36(24-20-34)33(6-2)17-21-35(22-18-33)31(38)30-26(3)12-11-13-27(30)4/h11-13,28-29H,5-10,14-25H2,1-4H3. The Morgan fingerprint density at radius 2 is 1.60 bits per heavy atom. The minimum absolute atomic E-state index is 0.0522. The number of amides is 2. The molecule has 1 unspecified atom stereocenters. The van der Waals surface area contributed by atoms with Gasteiger partial charge in [-0.05, 0) is 69.4 Å². The van der Waals surface area contributed by atoms with Crippen LogP contribution in [0.5, 0.6) is 0 Å². The van der Waals surface area contributed by atoms with Gasteiger partial charge in [-0.15, -0.1) is 0 Å². The van der Waals surface area contributed by atoms with Gasteiger partial charge in [0.1, 0.15) is 5.60 Å². The monoisotopic (exact) mass is 551 g/mol. The number of benzene rings is 1. The van der Waals surface area contributed by atoms with Gasteiger partial charge in [0.2, 0.25) is 0 Å². The summed E-state index contributed by atoms with van der Waals surface area (Å²) in [5.74, 6) is 0.827. The van der Waals surface area contributed by atoms with Gasteiger partial charge >= 0.3 is 6.09 Å². The van der Waals surface area contributed by atoms with E-state index < -0.39 is 0 Å². The van der Waals surface area contributed by atoms with Crippen LogP contribution in [-0.2, 0) is 4.74 Å². The first-order valence-corrected chi connectivity index (χ1v) is 16.4. The summed E-state index contributed by atoms with van der Waals surface area (Å²) >= 11 is 0. The number of unbranched alkanes of at least 4 members (excludes halogenated alkanes) is 1. The predicted octanol–water partition coefficient (Wildman–Crippen LogP) is 7.11. The smallest absolute Gasteiger partial charge is 0.410 e. The summed E-state index contributed by atoms with van der Waals surface area (Å²) in [6.45, 7) is 13.1. The number of nitrogens with zero attached hydrogens (tertiary/aromatic N) is 3. The Balaban J connectivity index is 1.24. The molecule has 2 amide bonds. The summed E-state index contributed by atoms with van der Waals surface area (Å²) in [5.41, 5.74) is 2.82. The normalized spacial score (nSPS) is 25.4. The lowest BCUT2D eigenvalue weighted by molar-refractivity contribution is -0.0661. The fraction of sp³-hybridized carbons (Fsp3) is 0.765. The van der Waals surface area contributed by atoms with Gasteiger partial charge in [-0.2, -0.15) is 0 Å². The second kappa shape index (κ2) is 12.4. The average molecular weight is 552 g/mol. The highest BCUT2D eigenvalue weighted by molar-refractivity contribution is 5.97. The fourth-order valence-corrected chi connectivity index (χ4v) is 8.50. The van der Waals surface area contributed by atoms with Crippen LogP contribution in [-0.4, -0.2) is 76.6 Å². The second-order valence-corrected chi connectivity index (χ2v) is 13.4. The Hall–Kier alpha value is -2.08. The lowest BCUT2D eigenvalue weighted by Crippen LogP contribution is -2.61. The maximum absolute atomic E-state index is 13.5. The molecule has 40 heavy (non-hydrogen) atoms. The Labute approximate surface area is 242 Å². The topological polar surface area (TPSA) is 53.1 Å². The molecule has 1 saturated carbocycles. The molecule has 4 aliphatic rings. The van der Waals surface area contributed by atoms with Crippen molar-refractivity contribution in [3.63, 3.8) is 0 Å². The molecule has 1 atom stereocenters. The van der Waals surface area contributed by atoms with E-state index in [1.165, 1.54) is 32.1 Å². The summed E-state index contributed by atoms with van der Waals surface area (Å²) in [7, 11) is 0. The van der Waals surface area contributed by atoms with E-state index in [4.69, 9.17) is 4.74 Å². The highest BCUT2D eigenvalue weighted by atomic mass is 16.6. The van der Waals surface area contributed by atoms with Gasteiger partial charge in [-0.25, -0.2) is 4.79 Å². The van der Waals surface area contributed by atoms with Crippen molar-refractivity contribution in [1.82, 2.24) is 14.7 Å². The first kappa shape index (κ1) is 29.4. The Morgan fingerprint density at radius 3 is 2.20 bits per heavy atom. The third-order valence-corrected chi connectivity index (χ3v) is 11.1. The van der Waals surface area contributed by atoms with Gasteiger partial charge in [0, 0.05) is 56.7 Å². The number of likely N-dealkylation sites (tertiary alicyclic amines) is 2. The van der Waals surface area contributed by atoms with Crippen molar-refractivity contribution < 1.29 is 14.3 Å². The van der Waals surface area contributed by atoms with Crippen LogP contribution in [0.1, 0.15) is 119 Å². The molecule has 3 heterocycles. The molecule has 222 valence electrons. The van der Waals surface area contributed by atoms with Gasteiger partial charge in [-0.1, -0.05) is 64.2 Å². The summed E-state index contributed by atoms with van der Waals surface area (Å²) in [6, 6.07) is 6.35. The zero-order valence-electron chi connectivity index (χ0n) is 25.7. The highest BCUT2D eigenvalue weighted by Crippen LogP contribution is 2.45. The fourth-order valence-electron chi connectivity index (χ4n) is 8.50. The molecular weight excluding hydrogens is 498 g/mol. The molecular formula is C34H53N3O3. The maximum Gasteiger partial charge on any atom is 0.410 e. The number of ether oxygens (including phenoxy) is 1. The molecule has 0 radical (unpaired) electrons. The maximum atomic E-state index is 13.5. The van der Waals surface area contributed by atoms with E-state index in [9.17, 15) is 9.59 Å². The van der Waals surface area contributed by atoms with E-state index in [-0.39, 0.29) is 29.2 Å². The van der Waals surface area contributed by atoms with Crippen LogP contribution in [0.2, 0.25) is 0 Å². The minimum atomic E-state index is -0.328. The van der Waals surface area contributed by atoms with Gasteiger partial charge in [0.15, 0.2) is 0 Å². The quantitative estimate of drug-likeness (QED) is 0.345. The molecule has 0 bridgehead atoms. The average Bonchev–Trinajstić information content (AvgIpc) is 3.21. The SMILES string of the molecule is CCCCC1N(CC2CCCCC2)C(=O)OC12CCN(C1(CC)CCN(C(=O)c3c(C)cccc3C)CC1)CC2. The number of hydrogen-bond donors (Lipinski definition) is 0. The lowest BCUT2D eigenvalue weighted by atomic mass is 9.77. The molecule has 1 aliphatic carbocycles. The minimum Gasteiger partial charge on any atom is -0.440 e. The Morgan fingerprint density at radius 1 is 0.950 bits per heavy atom. The third-order valence-electron chi connectivity index (χ3n) is 11.1. The third kappa shape index (κ3) is 5.67. The number of aryl methyl sites for hydroxylation is 2. The molecule has 0 aromatic heterocycles. The molecule has 6 nitrogen and oxygen atoms in total. The van der Waals surface area contributed by atoms with Crippen molar-refractivity contribution in [3.05, 3.63) is 34.9 Å². The van der Waals surface area contributed by atoms with E-state index in [1.807, 2.05) is 32.0 Å². The Bertz CT molecular complexity index is 1010. The van der Waals surface area contributed by atoms with Crippen molar-refractivity contribution >= 4 is 12.0 Å². The molecule has 1 spiro atoms. The number of piperidine rings is 2. The molecule has 5 rings (SSSR count). The summed E-state index contributed by atoms with van der Waals surface area (Å²) in [5, 5.41) is 0. The van der Waals surface area contributed by atoms with Gasteiger partial charge in [0.05, 0.1) is 6.04 Å². The molecule has 0 N–H and O–H groups in total. The van der Waals surface area contributed by atoms with E-state index >= 15 is 0 Å². The zero-order chi connectivity index (χ0) is 28.3. The predicted molar refractivity (Wildman–Crippen MR) is 161 cm³/mol. The molecule has 6 heteroatoms. The number of rotatable bonds is 8. The number of carbonyl (C=O) groups excluding carboxylic acids is 2. The van der Waals surface area contributed by atoms with Crippen LogP contribution < -0.4 is 0 Å². The van der Waals surface area contributed by atoms with Crippen LogP contribution in [0.4, 0.5) is 4.79 Å². The largest absolute Gasteiger partial charge is 0.440 e. The first-order chi connectivity index (χ1) is 19.3. The van der Waals surface area contributed by atoms with Gasteiger partial charge in [-0.3, -0.25) is 9.69 Å². The highest BCUT2D eigenvalue weighted by Gasteiger charge is 2.56. The summed E-state index contributed by atoms with van der Waals surface area (Å²) in [6.07, 6.45) is 14.8. The first-order valence-electron chi connectivity index (χ1n) is 16.4. The van der Waals surface area contributed by atoms with Crippen LogP contribution in [0.3, 0.4) is 0 Å². The van der Waals surface area contributed by atoms with Crippen molar-refractivity contribution in [2.75, 3.05) is 32.7 Å². The molecule has 3 saturated heterocycles. The van der Waals surface area contributed by atoms with E-state index in [2.05, 4.69) is 28.5 Å². The zero-order valence-corrected chi connectivity index (χ0v) is 25.7. The van der Waals surface area contributed by atoms with Crippen molar-refractivity contribution in [1.29, 1.82) is 0 Å².